The van der Waals surface area contributed by atoms with Gasteiger partial charge in [0.25, 0.3) is 11.6 Å². The lowest BCUT2D eigenvalue weighted by molar-refractivity contribution is -0.127. The van der Waals surface area contributed by atoms with E-state index in [9.17, 15) is 9.59 Å². The number of carbonyl (C=O) groups excluding carboxylic acids is 2. The molecule has 29 heavy (non-hydrogen) atoms. The van der Waals surface area contributed by atoms with Crippen LogP contribution >= 0.6 is 0 Å². The van der Waals surface area contributed by atoms with E-state index in [0.29, 0.717) is 23.5 Å². The summed E-state index contributed by atoms with van der Waals surface area (Å²) in [5, 5.41) is 5.92. The molecule has 1 atom stereocenters. The van der Waals surface area contributed by atoms with Crippen LogP contribution in [0.15, 0.2) is 58.5 Å². The molecule has 1 spiro atoms. The average molecular weight is 392 g/mol. The van der Waals surface area contributed by atoms with Crippen LogP contribution in [0.3, 0.4) is 0 Å². The molecular weight excluding hydrogens is 372 g/mol. The van der Waals surface area contributed by atoms with Crippen molar-refractivity contribution in [3.8, 4) is 5.75 Å². The van der Waals surface area contributed by atoms with Gasteiger partial charge in [-0.25, -0.2) is 14.9 Å². The Balaban J connectivity index is 1.73. The fourth-order valence-corrected chi connectivity index (χ4v) is 3.41. The van der Waals surface area contributed by atoms with Crippen molar-refractivity contribution in [2.45, 2.75) is 19.5 Å². The van der Waals surface area contributed by atoms with Crippen molar-refractivity contribution < 1.29 is 14.3 Å². The molecule has 2 aliphatic rings. The van der Waals surface area contributed by atoms with E-state index in [-0.39, 0.29) is 11.9 Å². The van der Waals surface area contributed by atoms with Crippen LogP contribution in [0.4, 0.5) is 11.4 Å². The summed E-state index contributed by atoms with van der Waals surface area (Å²) >= 11 is 0. The number of rotatable bonds is 3. The van der Waals surface area contributed by atoms with Gasteiger partial charge >= 0.3 is 0 Å². The van der Waals surface area contributed by atoms with Gasteiger partial charge in [-0.05, 0) is 37.3 Å². The molecular formula is C20H20N6O3. The quantitative estimate of drug-likeness (QED) is 0.728. The van der Waals surface area contributed by atoms with Crippen LogP contribution in [0.25, 0.3) is 0 Å². The minimum absolute atomic E-state index is 0.0157. The molecule has 9 heteroatoms. The molecule has 2 heterocycles. The number of guanidine groups is 2. The first-order chi connectivity index (χ1) is 13.9. The smallest absolute Gasteiger partial charge is 0.289 e. The van der Waals surface area contributed by atoms with Gasteiger partial charge < -0.3 is 15.8 Å². The van der Waals surface area contributed by atoms with E-state index in [0.717, 1.165) is 10.6 Å². The van der Waals surface area contributed by atoms with E-state index in [1.54, 1.807) is 24.3 Å². The van der Waals surface area contributed by atoms with Crippen LogP contribution < -0.4 is 26.0 Å². The molecule has 0 aliphatic carbocycles. The van der Waals surface area contributed by atoms with Gasteiger partial charge in [-0.3, -0.25) is 14.9 Å². The topological polar surface area (TPSA) is 121 Å². The van der Waals surface area contributed by atoms with Crippen molar-refractivity contribution in [1.82, 2.24) is 5.32 Å². The number of anilines is 2. The summed E-state index contributed by atoms with van der Waals surface area (Å²) in [6, 6.07) is 14.2. The number of nitrogens with zero attached hydrogens (tertiary/aromatic N) is 3. The van der Waals surface area contributed by atoms with E-state index in [1.165, 1.54) is 6.92 Å². The lowest BCUT2D eigenvalue weighted by Crippen LogP contribution is -2.51. The molecule has 2 aromatic carbocycles. The third kappa shape index (κ3) is 3.06. The summed E-state index contributed by atoms with van der Waals surface area (Å²) in [6.07, 6.45) is 0. The molecule has 0 aromatic heterocycles. The van der Waals surface area contributed by atoms with Crippen LogP contribution in [0, 0.1) is 0 Å². The Morgan fingerprint density at radius 3 is 2.62 bits per heavy atom. The minimum atomic E-state index is -1.65. The van der Waals surface area contributed by atoms with Crippen molar-refractivity contribution in [2.24, 2.45) is 15.7 Å². The van der Waals surface area contributed by atoms with Gasteiger partial charge in [0, 0.05) is 18.2 Å². The van der Waals surface area contributed by atoms with Gasteiger partial charge in [-0.15, -0.1) is 0 Å². The highest BCUT2D eigenvalue weighted by atomic mass is 16.5. The van der Waals surface area contributed by atoms with Crippen LogP contribution in [0.1, 0.15) is 19.4 Å². The fourth-order valence-electron chi connectivity index (χ4n) is 3.41. The molecule has 0 bridgehead atoms. The molecule has 9 nitrogen and oxygen atoms in total. The number of imide groups is 1. The van der Waals surface area contributed by atoms with Gasteiger partial charge in [-0.2, -0.15) is 0 Å². The lowest BCUT2D eigenvalue weighted by atomic mass is 10.0. The number of aliphatic imine (C=N–C) groups is 2. The molecule has 4 N–H and O–H groups in total. The second kappa shape index (κ2) is 6.93. The van der Waals surface area contributed by atoms with Crippen LogP contribution in [-0.2, 0) is 15.3 Å². The highest BCUT2D eigenvalue weighted by molar-refractivity contribution is 6.24. The zero-order chi connectivity index (χ0) is 20.6. The molecule has 4 rings (SSSR count). The summed E-state index contributed by atoms with van der Waals surface area (Å²) in [4.78, 5) is 35.2. The number of nitrogens with one attached hydrogen (secondary N) is 2. The van der Waals surface area contributed by atoms with Crippen molar-refractivity contribution in [3.05, 3.63) is 54.1 Å². The maximum absolute atomic E-state index is 13.2. The molecule has 2 aromatic rings. The normalized spacial score (nSPS) is 19.9. The zero-order valence-electron chi connectivity index (χ0n) is 16.0. The summed E-state index contributed by atoms with van der Waals surface area (Å²) in [6.45, 7) is 3.81. The number of hydrogen-bond donors (Lipinski definition) is 3. The largest absolute Gasteiger partial charge is 0.494 e. The maximum atomic E-state index is 13.2. The molecule has 0 radical (unpaired) electrons. The summed E-state index contributed by atoms with van der Waals surface area (Å²) in [5.41, 5.74) is 5.99. The lowest BCUT2D eigenvalue weighted by Gasteiger charge is -2.26. The van der Waals surface area contributed by atoms with Crippen molar-refractivity contribution in [2.75, 3.05) is 16.8 Å². The number of para-hydroxylation sites is 1. The van der Waals surface area contributed by atoms with Crippen molar-refractivity contribution in [1.29, 1.82) is 0 Å². The van der Waals surface area contributed by atoms with Crippen molar-refractivity contribution in [3.63, 3.8) is 0 Å². The second-order valence-electron chi connectivity index (χ2n) is 6.51. The van der Waals surface area contributed by atoms with E-state index in [2.05, 4.69) is 20.6 Å². The highest BCUT2D eigenvalue weighted by Crippen LogP contribution is 2.44. The standard InChI is InChI=1S/C20H20N6O3/c1-3-29-14-10-8-13(9-11-14)22-19-23-18(21)24-20(25-19)15-6-4-5-7-16(15)26(12(2)27)17(20)28/h4-11H,3H2,1-2H3,(H4,21,22,23,24,25)/t20-/m0/s1. The number of fused-ring (bicyclic) bond motifs is 2. The Kier molecular flexibility index (Phi) is 4.42. The Morgan fingerprint density at radius 2 is 1.93 bits per heavy atom. The third-order valence-electron chi connectivity index (χ3n) is 4.57. The average Bonchev–Trinajstić information content (AvgIpc) is 2.91. The molecule has 0 unspecified atom stereocenters. The minimum Gasteiger partial charge on any atom is -0.494 e. The van der Waals surface area contributed by atoms with E-state index < -0.39 is 17.5 Å². The van der Waals surface area contributed by atoms with Gasteiger partial charge in [0.15, 0.2) is 5.96 Å². The maximum Gasteiger partial charge on any atom is 0.289 e. The molecule has 0 fully saturated rings. The van der Waals surface area contributed by atoms with E-state index in [1.807, 2.05) is 31.2 Å². The number of nitrogens with two attached hydrogens (primary N) is 1. The molecule has 0 saturated carbocycles. The predicted molar refractivity (Wildman–Crippen MR) is 110 cm³/mol. The van der Waals surface area contributed by atoms with Gasteiger partial charge in [0.05, 0.1) is 12.3 Å². The SMILES string of the molecule is CCOc1ccc(NC2=N[C@]3(N=C(N)N2)C(=O)N(C(C)=O)c2ccccc23)cc1. The zero-order valence-corrected chi connectivity index (χ0v) is 16.0. The Hall–Kier alpha value is -3.88. The second-order valence-corrected chi connectivity index (χ2v) is 6.51. The van der Waals surface area contributed by atoms with Crippen LogP contribution in [-0.4, -0.2) is 30.3 Å². The number of benzene rings is 2. The van der Waals surface area contributed by atoms with Crippen LogP contribution in [0.2, 0.25) is 0 Å². The number of amides is 2. The van der Waals surface area contributed by atoms with Gasteiger partial charge in [0.2, 0.25) is 11.9 Å². The predicted octanol–water partition coefficient (Wildman–Crippen LogP) is 1.52. The molecule has 0 saturated heterocycles. The summed E-state index contributed by atoms with van der Waals surface area (Å²) < 4.78 is 5.44. The Morgan fingerprint density at radius 1 is 1.21 bits per heavy atom. The van der Waals surface area contributed by atoms with Gasteiger partial charge in [0.1, 0.15) is 5.75 Å². The monoisotopic (exact) mass is 392 g/mol. The van der Waals surface area contributed by atoms with E-state index in [4.69, 9.17) is 10.5 Å². The summed E-state index contributed by atoms with van der Waals surface area (Å²) in [7, 11) is 0. The Labute approximate surface area is 167 Å². The number of hydrogen-bond acceptors (Lipinski definition) is 8. The molecule has 148 valence electrons. The Bertz CT molecular complexity index is 1050. The first-order valence-electron chi connectivity index (χ1n) is 9.11. The van der Waals surface area contributed by atoms with E-state index >= 15 is 0 Å². The van der Waals surface area contributed by atoms with Gasteiger partial charge in [-0.1, -0.05) is 18.2 Å². The number of ether oxygens (including phenoxy) is 1. The first kappa shape index (κ1) is 18.5. The first-order valence-corrected chi connectivity index (χ1v) is 9.11. The summed E-state index contributed by atoms with van der Waals surface area (Å²) in [5.74, 6) is 0.0211. The number of carbonyl (C=O) groups is 2. The van der Waals surface area contributed by atoms with Crippen LogP contribution in [0.5, 0.6) is 5.75 Å². The molecule has 2 amide bonds. The molecule has 2 aliphatic heterocycles. The van der Waals surface area contributed by atoms with Crippen molar-refractivity contribution >= 4 is 35.1 Å². The third-order valence-corrected chi connectivity index (χ3v) is 4.57. The highest BCUT2D eigenvalue weighted by Gasteiger charge is 2.54. The fraction of sp³-hybridized carbons (Fsp3) is 0.200.